The average molecular weight is 457 g/mol. The number of ether oxygens (including phenoxy) is 1. The molecule has 0 radical (unpaired) electrons. The van der Waals surface area contributed by atoms with E-state index in [4.69, 9.17) is 10.5 Å². The zero-order valence-corrected chi connectivity index (χ0v) is 19.1. The summed E-state index contributed by atoms with van der Waals surface area (Å²) in [5, 5.41) is 9.06. The molecule has 3 aliphatic rings. The Kier molecular flexibility index (Phi) is 4.80. The molecule has 2 fully saturated rings. The number of carbonyl (C=O) groups is 1. The number of aromatic nitrogens is 1. The number of fused-ring (bicyclic) bond motifs is 2. The third-order valence-corrected chi connectivity index (χ3v) is 8.01. The van der Waals surface area contributed by atoms with Gasteiger partial charge in [0.2, 0.25) is 5.43 Å². The summed E-state index contributed by atoms with van der Waals surface area (Å²) in [6.07, 6.45) is 2.61. The van der Waals surface area contributed by atoms with Crippen LogP contribution in [0.5, 0.6) is 5.75 Å². The van der Waals surface area contributed by atoms with Crippen molar-refractivity contribution >= 4 is 34.1 Å². The van der Waals surface area contributed by atoms with Crippen molar-refractivity contribution < 1.29 is 13.9 Å². The first-order valence-electron chi connectivity index (χ1n) is 10.8. The molecule has 0 amide bonds. The Morgan fingerprint density at radius 2 is 2.03 bits per heavy atom. The second kappa shape index (κ2) is 7.22. The first kappa shape index (κ1) is 21.3. The molecule has 2 atom stereocenters. The first-order valence-corrected chi connectivity index (χ1v) is 11.7. The zero-order chi connectivity index (χ0) is 22.9. The van der Waals surface area contributed by atoms with Crippen molar-refractivity contribution in [3.05, 3.63) is 27.7 Å². The Labute approximate surface area is 189 Å². The average Bonchev–Trinajstić information content (AvgIpc) is 3.34. The molecule has 2 aromatic rings. The standard InChI is InChI=1S/C23H25FN4O3S/c1-23(2,26)11-6-7-27(10-11)18-14(24)8-13-17(21(18)31-3)28(12-4-5-12)22-16(19(13)29)20(30)15(9-25)32-22/h8,11-12,15H,4-7,10,26H2,1-3H3. The molecule has 5 rings (SSSR count). The Morgan fingerprint density at radius 1 is 1.31 bits per heavy atom. The van der Waals surface area contributed by atoms with Gasteiger partial charge in [-0.05, 0) is 45.1 Å². The number of halogens is 1. The monoisotopic (exact) mass is 456 g/mol. The maximum atomic E-state index is 15.5. The summed E-state index contributed by atoms with van der Waals surface area (Å²) in [5.74, 6) is -0.558. The summed E-state index contributed by atoms with van der Waals surface area (Å²) in [6, 6.07) is 3.30. The molecule has 32 heavy (non-hydrogen) atoms. The SMILES string of the molecule is COc1c(N2CCC(C(C)(C)N)C2)c(F)cc2c(=O)c3c(n(C4CC4)c12)SC(C#N)C3=O. The van der Waals surface area contributed by atoms with Crippen LogP contribution in [0.15, 0.2) is 15.9 Å². The molecule has 3 heterocycles. The number of hydrogen-bond acceptors (Lipinski definition) is 7. The van der Waals surface area contributed by atoms with E-state index in [0.29, 0.717) is 35.1 Å². The number of methoxy groups -OCH3 is 1. The number of ketones is 1. The van der Waals surface area contributed by atoms with Crippen LogP contribution in [-0.4, -0.2) is 41.3 Å². The maximum Gasteiger partial charge on any atom is 0.201 e. The lowest BCUT2D eigenvalue weighted by Gasteiger charge is -2.29. The van der Waals surface area contributed by atoms with Crippen LogP contribution in [0.3, 0.4) is 0 Å². The molecular formula is C23H25FN4O3S. The summed E-state index contributed by atoms with van der Waals surface area (Å²) >= 11 is 1.11. The van der Waals surface area contributed by atoms with Gasteiger partial charge in [-0.25, -0.2) is 4.39 Å². The van der Waals surface area contributed by atoms with E-state index in [1.54, 1.807) is 0 Å². The number of pyridine rings is 1. The lowest BCUT2D eigenvalue weighted by molar-refractivity contribution is 0.100. The molecule has 9 heteroatoms. The fraction of sp³-hybridized carbons (Fsp3) is 0.522. The molecule has 2 N–H and O–H groups in total. The highest BCUT2D eigenvalue weighted by molar-refractivity contribution is 8.01. The second-order valence-electron chi connectivity index (χ2n) is 9.49. The van der Waals surface area contributed by atoms with Crippen LogP contribution < -0.4 is 20.8 Å². The van der Waals surface area contributed by atoms with Gasteiger partial charge in [-0.3, -0.25) is 9.59 Å². The molecule has 168 valence electrons. The second-order valence-corrected chi connectivity index (χ2v) is 10.6. The molecule has 1 aromatic carbocycles. The fourth-order valence-corrected chi connectivity index (χ4v) is 6.09. The fourth-order valence-electron chi connectivity index (χ4n) is 4.93. The Morgan fingerprint density at radius 3 is 2.59 bits per heavy atom. The van der Waals surface area contributed by atoms with Gasteiger partial charge in [0.05, 0.1) is 34.7 Å². The minimum atomic E-state index is -0.957. The molecule has 1 aliphatic carbocycles. The molecule has 1 aromatic heterocycles. The zero-order valence-electron chi connectivity index (χ0n) is 18.3. The third kappa shape index (κ3) is 3.04. The maximum absolute atomic E-state index is 15.5. The van der Waals surface area contributed by atoms with E-state index in [2.05, 4.69) is 0 Å². The summed E-state index contributed by atoms with van der Waals surface area (Å²) in [4.78, 5) is 28.0. The van der Waals surface area contributed by atoms with Crippen LogP contribution in [0.25, 0.3) is 10.9 Å². The van der Waals surface area contributed by atoms with Crippen LogP contribution in [0, 0.1) is 23.1 Å². The predicted molar refractivity (Wildman–Crippen MR) is 121 cm³/mol. The number of benzene rings is 1. The van der Waals surface area contributed by atoms with Crippen molar-refractivity contribution in [2.45, 2.75) is 55.0 Å². The minimum Gasteiger partial charge on any atom is -0.492 e. The van der Waals surface area contributed by atoms with Gasteiger partial charge in [-0.2, -0.15) is 5.26 Å². The van der Waals surface area contributed by atoms with Crippen LogP contribution in [0.2, 0.25) is 0 Å². The molecule has 0 bridgehead atoms. The van der Waals surface area contributed by atoms with Gasteiger partial charge in [0.25, 0.3) is 0 Å². The Bertz CT molecular complexity index is 1260. The number of nitriles is 1. The minimum absolute atomic E-state index is 0.00118. The number of Topliss-reactive ketones (excluding diaryl/α,β-unsaturated/α-hetero) is 1. The largest absolute Gasteiger partial charge is 0.492 e. The summed E-state index contributed by atoms with van der Waals surface area (Å²) in [7, 11) is 1.48. The van der Waals surface area contributed by atoms with Crippen LogP contribution in [0.4, 0.5) is 10.1 Å². The van der Waals surface area contributed by atoms with Gasteiger partial charge in [-0.15, -0.1) is 0 Å². The normalized spacial score (nSPS) is 23.0. The van der Waals surface area contributed by atoms with Crippen LogP contribution in [-0.2, 0) is 0 Å². The van der Waals surface area contributed by atoms with Gasteiger partial charge in [0.1, 0.15) is 5.69 Å². The van der Waals surface area contributed by atoms with Crippen LogP contribution in [0.1, 0.15) is 49.5 Å². The molecule has 1 saturated heterocycles. The van der Waals surface area contributed by atoms with E-state index in [1.165, 1.54) is 13.2 Å². The van der Waals surface area contributed by atoms with Gasteiger partial charge >= 0.3 is 0 Å². The Balaban J connectivity index is 1.78. The predicted octanol–water partition coefficient (Wildman–Crippen LogP) is 3.23. The molecule has 1 saturated carbocycles. The van der Waals surface area contributed by atoms with E-state index in [1.807, 2.05) is 29.4 Å². The van der Waals surface area contributed by atoms with Gasteiger partial charge < -0.3 is 19.9 Å². The molecule has 2 aliphatic heterocycles. The van der Waals surface area contributed by atoms with Gasteiger partial charge in [0, 0.05) is 24.7 Å². The van der Waals surface area contributed by atoms with E-state index >= 15 is 4.39 Å². The summed E-state index contributed by atoms with van der Waals surface area (Å²) < 4.78 is 23.2. The third-order valence-electron chi connectivity index (χ3n) is 6.83. The van der Waals surface area contributed by atoms with E-state index < -0.39 is 27.8 Å². The highest BCUT2D eigenvalue weighted by atomic mass is 32.2. The van der Waals surface area contributed by atoms with Gasteiger partial charge in [0.15, 0.2) is 22.6 Å². The van der Waals surface area contributed by atoms with E-state index in [9.17, 15) is 14.9 Å². The van der Waals surface area contributed by atoms with Crippen molar-refractivity contribution in [1.29, 1.82) is 5.26 Å². The lowest BCUT2D eigenvalue weighted by atomic mass is 9.88. The van der Waals surface area contributed by atoms with Crippen molar-refractivity contribution in [3.63, 3.8) is 0 Å². The first-order chi connectivity index (χ1) is 15.2. The molecule has 7 nitrogen and oxygen atoms in total. The van der Waals surface area contributed by atoms with Gasteiger partial charge in [-0.1, -0.05) is 11.8 Å². The number of hydrogen-bond donors (Lipinski definition) is 1. The smallest absolute Gasteiger partial charge is 0.201 e. The highest BCUT2D eigenvalue weighted by Crippen LogP contribution is 2.49. The van der Waals surface area contributed by atoms with Crippen molar-refractivity contribution in [1.82, 2.24) is 4.57 Å². The molecule has 0 spiro atoms. The quantitative estimate of drug-likeness (QED) is 0.754. The molecular weight excluding hydrogens is 431 g/mol. The molecule has 2 unspecified atom stereocenters. The summed E-state index contributed by atoms with van der Waals surface area (Å²) in [5.41, 5.74) is 6.22. The number of thioether (sulfide) groups is 1. The number of rotatable bonds is 4. The van der Waals surface area contributed by atoms with E-state index in [0.717, 1.165) is 31.0 Å². The number of nitrogens with zero attached hydrogens (tertiary/aromatic N) is 3. The van der Waals surface area contributed by atoms with Crippen molar-refractivity contribution in [2.75, 3.05) is 25.1 Å². The van der Waals surface area contributed by atoms with Crippen LogP contribution >= 0.6 is 11.8 Å². The van der Waals surface area contributed by atoms with E-state index in [-0.39, 0.29) is 22.9 Å². The number of carbonyl (C=O) groups excluding carboxylic acids is 1. The summed E-state index contributed by atoms with van der Waals surface area (Å²) in [6.45, 7) is 5.17. The van der Waals surface area contributed by atoms with Crippen molar-refractivity contribution in [2.24, 2.45) is 11.7 Å². The Hall–Kier alpha value is -2.57. The number of nitrogens with two attached hydrogens (primary N) is 1. The number of anilines is 1. The highest BCUT2D eigenvalue weighted by Gasteiger charge is 2.42. The lowest BCUT2D eigenvalue weighted by Crippen LogP contribution is -2.42. The van der Waals surface area contributed by atoms with Crippen molar-refractivity contribution in [3.8, 4) is 11.8 Å². The topological polar surface area (TPSA) is 101 Å².